The molecule has 1 N–H and O–H groups in total. The number of fused-ring (bicyclic) bond motifs is 2. The van der Waals surface area contributed by atoms with Gasteiger partial charge in [0.05, 0.1) is 29.3 Å². The maximum atomic E-state index is 13.9. The molecule has 3 atom stereocenters. The smallest absolute Gasteiger partial charge is 0.416 e. The molecule has 43 heavy (non-hydrogen) atoms. The third-order valence-electron chi connectivity index (χ3n) is 7.32. The molecule has 8 nitrogen and oxygen atoms in total. The average molecular weight is 626 g/mol. The van der Waals surface area contributed by atoms with Gasteiger partial charge in [0.1, 0.15) is 17.5 Å². The van der Waals surface area contributed by atoms with Crippen LogP contribution in [0.1, 0.15) is 21.9 Å². The molecule has 1 saturated heterocycles. The summed E-state index contributed by atoms with van der Waals surface area (Å²) in [6, 6.07) is 19.6. The van der Waals surface area contributed by atoms with E-state index >= 15 is 0 Å². The van der Waals surface area contributed by atoms with Crippen LogP contribution in [0.3, 0.4) is 0 Å². The van der Waals surface area contributed by atoms with Crippen molar-refractivity contribution in [2.75, 3.05) is 17.3 Å². The van der Waals surface area contributed by atoms with Crippen molar-refractivity contribution in [3.8, 4) is 5.75 Å². The molecular weight excluding hydrogens is 603 g/mol. The second-order valence-electron chi connectivity index (χ2n) is 9.91. The summed E-state index contributed by atoms with van der Waals surface area (Å²) < 4.78 is 46.8. The lowest BCUT2D eigenvalue weighted by molar-refractivity contribution is -0.137. The van der Waals surface area contributed by atoms with Crippen molar-refractivity contribution >= 4 is 52.2 Å². The molecule has 1 fully saturated rings. The first-order chi connectivity index (χ1) is 20.6. The fourth-order valence-electron chi connectivity index (χ4n) is 5.37. The van der Waals surface area contributed by atoms with Crippen LogP contribution in [0, 0.1) is 5.92 Å². The van der Waals surface area contributed by atoms with E-state index in [1.165, 1.54) is 17.7 Å². The Kier molecular flexibility index (Phi) is 7.38. The Labute approximate surface area is 251 Å². The molecule has 0 radical (unpaired) electrons. The zero-order valence-electron chi connectivity index (χ0n) is 22.3. The SMILES string of the molecule is COc1ccc(NC(=O)Cn2c3c(sc2=O)[C@@H](c2ccccc2)[C@@H]2C(=O)N(c4cccc(C(F)(F)F)c4)C(=O)[C@@H]2S3)cc1. The summed E-state index contributed by atoms with van der Waals surface area (Å²) in [7, 11) is 1.52. The van der Waals surface area contributed by atoms with Gasteiger partial charge in [-0.3, -0.25) is 23.7 Å². The predicted molar refractivity (Wildman–Crippen MR) is 156 cm³/mol. The number of hydrogen-bond donors (Lipinski definition) is 1. The number of carbonyl (C=O) groups is 3. The van der Waals surface area contributed by atoms with E-state index in [9.17, 15) is 32.3 Å². The van der Waals surface area contributed by atoms with Gasteiger partial charge in [-0.2, -0.15) is 13.2 Å². The molecule has 0 bridgehead atoms. The standard InChI is InChI=1S/C30H22F3N3O5S2/c1-41-20-12-10-18(11-13-20)34-21(37)15-35-28-25(43-29(35)40)22(16-6-3-2-4-7-16)23-24(42-28)27(39)36(26(23)38)19-9-5-8-17(14-19)30(31,32)33/h2-14,22-24H,15H2,1H3,(H,34,37)/t22-,23-,24+/m0/s1. The molecule has 1 aromatic heterocycles. The molecule has 2 aliphatic rings. The van der Waals surface area contributed by atoms with E-state index in [0.717, 1.165) is 46.2 Å². The molecule has 13 heteroatoms. The van der Waals surface area contributed by atoms with Gasteiger partial charge in [0.25, 0.3) is 0 Å². The van der Waals surface area contributed by atoms with Crippen LogP contribution < -0.4 is 19.8 Å². The summed E-state index contributed by atoms with van der Waals surface area (Å²) >= 11 is 1.88. The highest BCUT2D eigenvalue weighted by molar-refractivity contribution is 8.00. The number of benzene rings is 3. The van der Waals surface area contributed by atoms with Crippen molar-refractivity contribution in [2.45, 2.75) is 28.9 Å². The van der Waals surface area contributed by atoms with Gasteiger partial charge in [0, 0.05) is 16.5 Å². The summed E-state index contributed by atoms with van der Waals surface area (Å²) in [4.78, 5) is 54.8. The topological polar surface area (TPSA) is 97.7 Å². The fourth-order valence-corrected chi connectivity index (χ4v) is 8.14. The molecular formula is C30H22F3N3O5S2. The Morgan fingerprint density at radius 1 is 0.953 bits per heavy atom. The van der Waals surface area contributed by atoms with Gasteiger partial charge in [-0.15, -0.1) is 0 Å². The second-order valence-corrected chi connectivity index (χ2v) is 12.0. The van der Waals surface area contributed by atoms with Crippen LogP contribution in [0.25, 0.3) is 0 Å². The number of nitrogens with zero attached hydrogens (tertiary/aromatic N) is 2. The highest BCUT2D eigenvalue weighted by Crippen LogP contribution is 2.54. The highest BCUT2D eigenvalue weighted by atomic mass is 32.2. The lowest BCUT2D eigenvalue weighted by atomic mass is 9.83. The molecule has 3 aromatic carbocycles. The Balaban J connectivity index is 1.38. The Bertz CT molecular complexity index is 1790. The van der Waals surface area contributed by atoms with E-state index in [-0.39, 0.29) is 12.2 Å². The molecule has 0 spiro atoms. The largest absolute Gasteiger partial charge is 0.497 e. The fraction of sp³-hybridized carbons (Fsp3) is 0.200. The first-order valence-corrected chi connectivity index (χ1v) is 14.7. The van der Waals surface area contributed by atoms with E-state index < -0.39 is 51.4 Å². The predicted octanol–water partition coefficient (Wildman–Crippen LogP) is 5.37. The molecule has 0 saturated carbocycles. The summed E-state index contributed by atoms with van der Waals surface area (Å²) in [5.74, 6) is -2.90. The summed E-state index contributed by atoms with van der Waals surface area (Å²) in [5.41, 5.74) is 0.00287. The lowest BCUT2D eigenvalue weighted by Crippen LogP contribution is -2.33. The van der Waals surface area contributed by atoms with Crippen molar-refractivity contribution in [1.82, 2.24) is 4.57 Å². The minimum Gasteiger partial charge on any atom is -0.497 e. The number of thioether (sulfide) groups is 1. The molecule has 0 unspecified atom stereocenters. The third-order valence-corrected chi connectivity index (χ3v) is 9.92. The van der Waals surface area contributed by atoms with Crippen molar-refractivity contribution in [2.24, 2.45) is 5.92 Å². The van der Waals surface area contributed by atoms with E-state index in [4.69, 9.17) is 4.74 Å². The van der Waals surface area contributed by atoms with Gasteiger partial charge in [-0.1, -0.05) is 59.5 Å². The second kappa shape index (κ2) is 11.0. The monoisotopic (exact) mass is 625 g/mol. The normalized spacial score (nSPS) is 19.6. The Morgan fingerprint density at radius 3 is 2.35 bits per heavy atom. The van der Waals surface area contributed by atoms with Crippen LogP contribution in [0.15, 0.2) is 88.7 Å². The van der Waals surface area contributed by atoms with E-state index in [1.54, 1.807) is 54.6 Å². The molecule has 3 heterocycles. The number of amides is 3. The van der Waals surface area contributed by atoms with Gasteiger partial charge in [-0.25, -0.2) is 4.90 Å². The molecule has 2 aliphatic heterocycles. The number of hydrogen-bond acceptors (Lipinski definition) is 7. The third kappa shape index (κ3) is 5.23. The van der Waals surface area contributed by atoms with Crippen LogP contribution in [-0.4, -0.2) is 34.6 Å². The number of alkyl halides is 3. The lowest BCUT2D eigenvalue weighted by Gasteiger charge is -2.30. The molecule has 4 aromatic rings. The van der Waals surface area contributed by atoms with Crippen LogP contribution in [0.2, 0.25) is 0 Å². The van der Waals surface area contributed by atoms with Gasteiger partial charge in [0.2, 0.25) is 17.7 Å². The first kappa shape index (κ1) is 28.7. The Morgan fingerprint density at radius 2 is 1.67 bits per heavy atom. The van der Waals surface area contributed by atoms with Gasteiger partial charge >= 0.3 is 11.0 Å². The highest BCUT2D eigenvalue weighted by Gasteiger charge is 2.57. The number of nitrogens with one attached hydrogen (secondary N) is 1. The summed E-state index contributed by atoms with van der Waals surface area (Å²) in [5, 5.41) is 2.09. The van der Waals surface area contributed by atoms with Crippen LogP contribution >= 0.6 is 23.1 Å². The van der Waals surface area contributed by atoms with Crippen LogP contribution in [-0.2, 0) is 27.1 Å². The average Bonchev–Trinajstić information content (AvgIpc) is 3.43. The maximum Gasteiger partial charge on any atom is 0.416 e. The number of thiazole rings is 1. The quantitative estimate of drug-likeness (QED) is 0.290. The minimum atomic E-state index is -4.66. The number of imide groups is 1. The van der Waals surface area contributed by atoms with E-state index in [2.05, 4.69) is 5.32 Å². The van der Waals surface area contributed by atoms with Crippen molar-refractivity contribution < 1.29 is 32.3 Å². The molecule has 6 rings (SSSR count). The molecule has 3 amide bonds. The van der Waals surface area contributed by atoms with Gasteiger partial charge < -0.3 is 10.1 Å². The van der Waals surface area contributed by atoms with Crippen LogP contribution in [0.4, 0.5) is 24.5 Å². The van der Waals surface area contributed by atoms with Crippen molar-refractivity contribution in [3.05, 3.63) is 105 Å². The molecule has 0 aliphatic carbocycles. The maximum absolute atomic E-state index is 13.9. The number of aromatic nitrogens is 1. The summed E-state index contributed by atoms with van der Waals surface area (Å²) in [6.07, 6.45) is -4.66. The zero-order chi connectivity index (χ0) is 30.5. The summed E-state index contributed by atoms with van der Waals surface area (Å²) in [6.45, 7) is -0.345. The molecule has 220 valence electrons. The number of anilines is 2. The van der Waals surface area contributed by atoms with E-state index in [1.807, 2.05) is 0 Å². The van der Waals surface area contributed by atoms with E-state index in [0.29, 0.717) is 26.9 Å². The van der Waals surface area contributed by atoms with Crippen LogP contribution in [0.5, 0.6) is 5.75 Å². The number of methoxy groups -OCH3 is 1. The number of halogens is 3. The van der Waals surface area contributed by atoms with Gasteiger partial charge in [-0.05, 0) is 48.0 Å². The van der Waals surface area contributed by atoms with Gasteiger partial charge in [0.15, 0.2) is 0 Å². The number of ether oxygens (including phenoxy) is 1. The number of carbonyl (C=O) groups excluding carboxylic acids is 3. The number of rotatable bonds is 6. The zero-order valence-corrected chi connectivity index (χ0v) is 24.0. The Hall–Kier alpha value is -4.36. The van der Waals surface area contributed by atoms with Crippen molar-refractivity contribution in [1.29, 1.82) is 0 Å². The minimum absolute atomic E-state index is 0.175. The first-order valence-electron chi connectivity index (χ1n) is 13.0. The van der Waals surface area contributed by atoms with Crippen molar-refractivity contribution in [3.63, 3.8) is 0 Å².